The minimum Gasteiger partial charge on any atom is -0.351 e. The third-order valence-electron chi connectivity index (χ3n) is 6.51. The van der Waals surface area contributed by atoms with Crippen molar-refractivity contribution in [3.63, 3.8) is 0 Å². The van der Waals surface area contributed by atoms with Crippen LogP contribution in [0.2, 0.25) is 0 Å². The normalized spacial score (nSPS) is 19.0. The van der Waals surface area contributed by atoms with Crippen LogP contribution < -0.4 is 16.0 Å². The smallest absolute Gasteiger partial charge is 0.252 e. The van der Waals surface area contributed by atoms with Gasteiger partial charge in [0.2, 0.25) is 11.8 Å². The van der Waals surface area contributed by atoms with E-state index < -0.39 is 0 Å². The first-order valence-corrected chi connectivity index (χ1v) is 11.4. The summed E-state index contributed by atoms with van der Waals surface area (Å²) in [7, 11) is 0. The molecule has 0 radical (unpaired) electrons. The van der Waals surface area contributed by atoms with Gasteiger partial charge in [-0.25, -0.2) is 4.98 Å². The fourth-order valence-electron chi connectivity index (χ4n) is 4.89. The van der Waals surface area contributed by atoms with E-state index in [0.717, 1.165) is 49.7 Å². The van der Waals surface area contributed by atoms with Gasteiger partial charge in [-0.05, 0) is 48.9 Å². The van der Waals surface area contributed by atoms with Gasteiger partial charge < -0.3 is 16.0 Å². The third kappa shape index (κ3) is 5.15. The number of benzene rings is 1. The number of aryl methyl sites for hydroxylation is 1. The molecule has 1 saturated carbocycles. The molecular weight excluding hydrogens is 404 g/mol. The van der Waals surface area contributed by atoms with Gasteiger partial charge in [-0.15, -0.1) is 0 Å². The molecule has 3 amide bonds. The SMILES string of the molecule is CC(=O)Nc1ccc(CCC2(NC(=O)C[C@H]3NC(=O)c4ccccc43)CCCCC2)cn1. The summed E-state index contributed by atoms with van der Waals surface area (Å²) in [4.78, 5) is 40.7. The van der Waals surface area contributed by atoms with E-state index in [1.54, 1.807) is 12.3 Å². The van der Waals surface area contributed by atoms with Crippen LogP contribution in [0.25, 0.3) is 0 Å². The Morgan fingerprint density at radius 3 is 2.62 bits per heavy atom. The molecule has 1 aromatic carbocycles. The van der Waals surface area contributed by atoms with E-state index in [1.807, 2.05) is 30.3 Å². The highest BCUT2D eigenvalue weighted by Gasteiger charge is 2.35. The molecule has 1 atom stereocenters. The first-order chi connectivity index (χ1) is 15.4. The van der Waals surface area contributed by atoms with Crippen molar-refractivity contribution in [3.05, 3.63) is 59.3 Å². The van der Waals surface area contributed by atoms with Crippen LogP contribution in [0.15, 0.2) is 42.6 Å². The number of amides is 3. The third-order valence-corrected chi connectivity index (χ3v) is 6.51. The number of carbonyl (C=O) groups is 3. The number of pyridine rings is 1. The van der Waals surface area contributed by atoms with Crippen molar-refractivity contribution < 1.29 is 14.4 Å². The number of carbonyl (C=O) groups excluding carboxylic acids is 3. The maximum Gasteiger partial charge on any atom is 0.252 e. The predicted octanol–water partition coefficient (Wildman–Crippen LogP) is 3.67. The predicted molar refractivity (Wildman–Crippen MR) is 122 cm³/mol. The number of anilines is 1. The maximum atomic E-state index is 13.0. The molecule has 4 rings (SSSR count). The Balaban J connectivity index is 1.39. The Kier molecular flexibility index (Phi) is 6.53. The molecule has 3 N–H and O–H groups in total. The lowest BCUT2D eigenvalue weighted by atomic mass is 9.77. The molecule has 1 aromatic heterocycles. The van der Waals surface area contributed by atoms with Crippen molar-refractivity contribution >= 4 is 23.5 Å². The lowest BCUT2D eigenvalue weighted by Gasteiger charge is -2.38. The average molecular weight is 435 g/mol. The molecule has 0 bridgehead atoms. The highest BCUT2D eigenvalue weighted by Crippen LogP contribution is 2.33. The Morgan fingerprint density at radius 1 is 1.12 bits per heavy atom. The number of hydrogen-bond donors (Lipinski definition) is 3. The van der Waals surface area contributed by atoms with Crippen LogP contribution in [-0.2, 0) is 16.0 Å². The molecule has 1 aliphatic carbocycles. The zero-order chi connectivity index (χ0) is 22.6. The largest absolute Gasteiger partial charge is 0.351 e. The zero-order valence-corrected chi connectivity index (χ0v) is 18.4. The van der Waals surface area contributed by atoms with Gasteiger partial charge >= 0.3 is 0 Å². The summed E-state index contributed by atoms with van der Waals surface area (Å²) in [6, 6.07) is 11.0. The number of aromatic nitrogens is 1. The molecule has 0 spiro atoms. The fraction of sp³-hybridized carbons (Fsp3) is 0.440. The molecule has 2 aliphatic rings. The molecule has 32 heavy (non-hydrogen) atoms. The van der Waals surface area contributed by atoms with Crippen LogP contribution in [0.1, 0.15) is 79.4 Å². The van der Waals surface area contributed by atoms with Gasteiger partial charge in [0.05, 0.1) is 12.5 Å². The summed E-state index contributed by atoms with van der Waals surface area (Å²) < 4.78 is 0. The summed E-state index contributed by atoms with van der Waals surface area (Å²) in [5.74, 6) is 0.269. The number of hydrogen-bond acceptors (Lipinski definition) is 4. The lowest BCUT2D eigenvalue weighted by molar-refractivity contribution is -0.124. The Bertz CT molecular complexity index is 997. The maximum absolute atomic E-state index is 13.0. The second-order valence-corrected chi connectivity index (χ2v) is 8.94. The van der Waals surface area contributed by atoms with Gasteiger partial charge in [-0.1, -0.05) is 43.5 Å². The van der Waals surface area contributed by atoms with E-state index in [0.29, 0.717) is 11.4 Å². The van der Waals surface area contributed by atoms with Crippen molar-refractivity contribution in [2.75, 3.05) is 5.32 Å². The highest BCUT2D eigenvalue weighted by atomic mass is 16.2. The Labute approximate surface area is 188 Å². The Morgan fingerprint density at radius 2 is 1.91 bits per heavy atom. The summed E-state index contributed by atoms with van der Waals surface area (Å²) >= 11 is 0. The molecule has 0 saturated heterocycles. The van der Waals surface area contributed by atoms with Crippen molar-refractivity contribution in [1.82, 2.24) is 15.6 Å². The molecule has 168 valence electrons. The van der Waals surface area contributed by atoms with Gasteiger partial charge in [0.25, 0.3) is 5.91 Å². The topological polar surface area (TPSA) is 100 Å². The van der Waals surface area contributed by atoms with E-state index in [9.17, 15) is 14.4 Å². The fourth-order valence-corrected chi connectivity index (χ4v) is 4.89. The Hall–Kier alpha value is -3.22. The minimum absolute atomic E-state index is 0.0203. The molecule has 0 unspecified atom stereocenters. The molecular formula is C25H30N4O3. The first kappa shape index (κ1) is 22.0. The van der Waals surface area contributed by atoms with Crippen molar-refractivity contribution in [2.24, 2.45) is 0 Å². The van der Waals surface area contributed by atoms with Crippen LogP contribution in [0, 0.1) is 0 Å². The molecule has 2 heterocycles. The van der Waals surface area contributed by atoms with E-state index in [-0.39, 0.29) is 35.7 Å². The first-order valence-electron chi connectivity index (χ1n) is 11.4. The molecule has 1 aliphatic heterocycles. The van der Waals surface area contributed by atoms with E-state index in [2.05, 4.69) is 20.9 Å². The molecule has 2 aromatic rings. The van der Waals surface area contributed by atoms with Crippen LogP contribution in [0.5, 0.6) is 0 Å². The number of nitrogens with one attached hydrogen (secondary N) is 3. The van der Waals surface area contributed by atoms with E-state index >= 15 is 0 Å². The minimum atomic E-state index is -0.273. The quantitative estimate of drug-likeness (QED) is 0.619. The summed E-state index contributed by atoms with van der Waals surface area (Å²) in [6.07, 6.45) is 8.99. The second-order valence-electron chi connectivity index (χ2n) is 8.94. The number of nitrogens with zero attached hydrogens (tertiary/aromatic N) is 1. The lowest BCUT2D eigenvalue weighted by Crippen LogP contribution is -2.50. The molecule has 7 heteroatoms. The highest BCUT2D eigenvalue weighted by molar-refractivity contribution is 5.99. The zero-order valence-electron chi connectivity index (χ0n) is 18.4. The van der Waals surface area contributed by atoms with Crippen molar-refractivity contribution in [2.45, 2.75) is 69.9 Å². The molecule has 1 fully saturated rings. The monoisotopic (exact) mass is 434 g/mol. The van der Waals surface area contributed by atoms with Crippen molar-refractivity contribution in [1.29, 1.82) is 0 Å². The van der Waals surface area contributed by atoms with E-state index in [4.69, 9.17) is 0 Å². The van der Waals surface area contributed by atoms with E-state index in [1.165, 1.54) is 13.3 Å². The standard InChI is InChI=1S/C25H30N4O3/c1-17(30)27-22-10-9-18(16-26-22)11-14-25(12-5-2-6-13-25)29-23(31)15-21-19-7-3-4-8-20(19)24(32)28-21/h3-4,7-10,16,21H,2,5-6,11-15H2,1H3,(H,28,32)(H,29,31)(H,26,27,30)/t21-/m1/s1. The molecule has 7 nitrogen and oxygen atoms in total. The average Bonchev–Trinajstić information content (AvgIpc) is 3.09. The summed E-state index contributed by atoms with van der Waals surface area (Å²) in [5.41, 5.74) is 2.41. The van der Waals surface area contributed by atoms with Gasteiger partial charge in [-0.3, -0.25) is 14.4 Å². The second kappa shape index (κ2) is 9.51. The van der Waals surface area contributed by atoms with Crippen LogP contribution in [0.4, 0.5) is 5.82 Å². The van der Waals surface area contributed by atoms with Gasteiger partial charge in [0.1, 0.15) is 5.82 Å². The van der Waals surface area contributed by atoms with Gasteiger partial charge in [-0.2, -0.15) is 0 Å². The number of fused-ring (bicyclic) bond motifs is 1. The summed E-state index contributed by atoms with van der Waals surface area (Å²) in [5, 5.41) is 8.96. The van der Waals surface area contributed by atoms with Crippen LogP contribution in [0.3, 0.4) is 0 Å². The van der Waals surface area contributed by atoms with Crippen molar-refractivity contribution in [3.8, 4) is 0 Å². The van der Waals surface area contributed by atoms with Gasteiger partial charge in [0, 0.05) is 24.2 Å². The van der Waals surface area contributed by atoms with Crippen LogP contribution in [-0.4, -0.2) is 28.2 Å². The van der Waals surface area contributed by atoms with Gasteiger partial charge in [0.15, 0.2) is 0 Å². The van der Waals surface area contributed by atoms with Crippen LogP contribution >= 0.6 is 0 Å². The number of rotatable bonds is 7. The summed E-state index contributed by atoms with van der Waals surface area (Å²) in [6.45, 7) is 1.46.